The third-order valence-corrected chi connectivity index (χ3v) is 5.59. The number of ketones is 2. The molecule has 32 heavy (non-hydrogen) atoms. The van der Waals surface area contributed by atoms with Crippen LogP contribution in [0.25, 0.3) is 11.1 Å². The number of carbonyl (C=O) groups is 3. The van der Waals surface area contributed by atoms with E-state index in [1.54, 1.807) is 72.8 Å². The van der Waals surface area contributed by atoms with Crippen molar-refractivity contribution in [2.75, 3.05) is 0 Å². The topological polar surface area (TPSA) is 60.4 Å². The van der Waals surface area contributed by atoms with E-state index in [0.29, 0.717) is 27.8 Å². The number of Topliss-reactive ketones (excluding diaryl/α,β-unsaturated/α-hetero) is 1. The number of hydrogen-bond acceptors (Lipinski definition) is 4. The second-order valence-electron chi connectivity index (χ2n) is 7.56. The van der Waals surface area contributed by atoms with Crippen molar-refractivity contribution in [3.63, 3.8) is 0 Å². The molecule has 4 aromatic carbocycles. The summed E-state index contributed by atoms with van der Waals surface area (Å²) in [5.41, 5.74) is 4.01. The Kier molecular flexibility index (Phi) is 4.96. The van der Waals surface area contributed by atoms with Crippen LogP contribution < -0.4 is 0 Å². The van der Waals surface area contributed by atoms with Crippen LogP contribution in [0.5, 0.6) is 0 Å². The number of carbonyl (C=O) groups excluding carboxylic acids is 3. The van der Waals surface area contributed by atoms with E-state index in [1.165, 1.54) is 0 Å². The molecule has 5 rings (SSSR count). The van der Waals surface area contributed by atoms with Gasteiger partial charge >= 0.3 is 5.97 Å². The highest BCUT2D eigenvalue weighted by atomic mass is 16.5. The van der Waals surface area contributed by atoms with Crippen molar-refractivity contribution >= 4 is 17.5 Å². The zero-order valence-electron chi connectivity index (χ0n) is 17.0. The number of benzene rings is 4. The van der Waals surface area contributed by atoms with Gasteiger partial charge in [-0.2, -0.15) is 0 Å². The van der Waals surface area contributed by atoms with E-state index in [0.717, 1.165) is 5.56 Å². The quantitative estimate of drug-likeness (QED) is 0.272. The largest absolute Gasteiger partial charge is 0.445 e. The lowest BCUT2D eigenvalue weighted by Crippen LogP contribution is -2.20. The molecule has 0 amide bonds. The molecule has 4 aromatic rings. The minimum atomic E-state index is -1.08. The van der Waals surface area contributed by atoms with Crippen molar-refractivity contribution in [1.82, 2.24) is 0 Å². The summed E-state index contributed by atoms with van der Waals surface area (Å²) < 4.78 is 5.74. The first-order valence-electron chi connectivity index (χ1n) is 10.3. The molecule has 1 aliphatic rings. The van der Waals surface area contributed by atoms with Gasteiger partial charge in [0, 0.05) is 22.3 Å². The van der Waals surface area contributed by atoms with Crippen LogP contribution in [0.15, 0.2) is 103 Å². The predicted octanol–water partition coefficient (Wildman–Crippen LogP) is 5.68. The highest BCUT2D eigenvalue weighted by Crippen LogP contribution is 2.37. The molecule has 0 spiro atoms. The zero-order chi connectivity index (χ0) is 22.1. The van der Waals surface area contributed by atoms with Gasteiger partial charge < -0.3 is 4.74 Å². The van der Waals surface area contributed by atoms with Gasteiger partial charge in [-0.1, -0.05) is 84.9 Å². The molecule has 4 heteroatoms. The molecule has 0 heterocycles. The lowest BCUT2D eigenvalue weighted by Gasteiger charge is -2.18. The van der Waals surface area contributed by atoms with Gasteiger partial charge in [0.25, 0.3) is 0 Å². The number of fused-ring (bicyclic) bond motifs is 3. The Morgan fingerprint density at radius 1 is 0.594 bits per heavy atom. The lowest BCUT2D eigenvalue weighted by molar-refractivity contribution is 0.0280. The van der Waals surface area contributed by atoms with Crippen LogP contribution in [0.4, 0.5) is 0 Å². The molecule has 1 atom stereocenters. The van der Waals surface area contributed by atoms with Crippen molar-refractivity contribution in [2.24, 2.45) is 0 Å². The highest BCUT2D eigenvalue weighted by molar-refractivity contribution is 6.22. The maximum Gasteiger partial charge on any atom is 0.339 e. The smallest absolute Gasteiger partial charge is 0.339 e. The minimum Gasteiger partial charge on any atom is -0.445 e. The molecule has 0 bridgehead atoms. The first-order valence-corrected chi connectivity index (χ1v) is 10.3. The third kappa shape index (κ3) is 3.42. The fraction of sp³-hybridized carbons (Fsp3) is 0.0357. The van der Waals surface area contributed by atoms with Crippen LogP contribution >= 0.6 is 0 Å². The van der Waals surface area contributed by atoms with E-state index in [1.807, 2.05) is 30.3 Å². The minimum absolute atomic E-state index is 0.0584. The molecule has 1 aliphatic carbocycles. The average Bonchev–Trinajstić information content (AvgIpc) is 3.14. The first kappa shape index (κ1) is 19.6. The number of hydrogen-bond donors (Lipinski definition) is 0. The standard InChI is InChI=1S/C28H18O4/c29-25(18-9-3-1-4-10-18)27(19-11-5-2-6-12-19)32-28(31)20-15-16-23-24(17-20)21-13-7-8-14-22(21)26(23)30/h1-17,27H/t27-/m1/s1. The molecule has 4 nitrogen and oxygen atoms in total. The molecule has 0 N–H and O–H groups in total. The van der Waals surface area contributed by atoms with E-state index in [-0.39, 0.29) is 17.1 Å². The maximum atomic E-state index is 13.2. The number of rotatable bonds is 5. The summed E-state index contributed by atoms with van der Waals surface area (Å²) in [6.07, 6.45) is -1.08. The van der Waals surface area contributed by atoms with Crippen LogP contribution in [0.1, 0.15) is 48.3 Å². The summed E-state index contributed by atoms with van der Waals surface area (Å²) in [4.78, 5) is 38.9. The Bertz CT molecular complexity index is 1340. The molecule has 0 fully saturated rings. The Morgan fingerprint density at radius 3 is 1.91 bits per heavy atom. The zero-order valence-corrected chi connectivity index (χ0v) is 17.0. The summed E-state index contributed by atoms with van der Waals surface area (Å²) >= 11 is 0. The molecular formula is C28H18O4. The van der Waals surface area contributed by atoms with Crippen molar-refractivity contribution in [1.29, 1.82) is 0 Å². The predicted molar refractivity (Wildman–Crippen MR) is 121 cm³/mol. The molecule has 154 valence electrons. The first-order chi connectivity index (χ1) is 15.6. The van der Waals surface area contributed by atoms with Crippen LogP contribution in [-0.2, 0) is 4.74 Å². The lowest BCUT2D eigenvalue weighted by atomic mass is 9.99. The van der Waals surface area contributed by atoms with Crippen LogP contribution in [0.3, 0.4) is 0 Å². The van der Waals surface area contributed by atoms with E-state index in [2.05, 4.69) is 0 Å². The second-order valence-corrected chi connectivity index (χ2v) is 7.56. The summed E-state index contributed by atoms with van der Waals surface area (Å²) in [5.74, 6) is -0.980. The van der Waals surface area contributed by atoms with Gasteiger partial charge in [-0.05, 0) is 29.3 Å². The van der Waals surface area contributed by atoms with Crippen LogP contribution in [0.2, 0.25) is 0 Å². The van der Waals surface area contributed by atoms with E-state index in [9.17, 15) is 14.4 Å². The monoisotopic (exact) mass is 418 g/mol. The number of esters is 1. The van der Waals surface area contributed by atoms with E-state index >= 15 is 0 Å². The fourth-order valence-electron chi connectivity index (χ4n) is 3.98. The normalized spacial score (nSPS) is 12.6. The van der Waals surface area contributed by atoms with Crippen molar-refractivity contribution in [2.45, 2.75) is 6.10 Å². The third-order valence-electron chi connectivity index (χ3n) is 5.59. The molecule has 0 radical (unpaired) electrons. The Labute approximate surface area is 185 Å². The Balaban J connectivity index is 1.49. The Hall–Kier alpha value is -4.31. The molecule has 0 unspecified atom stereocenters. The van der Waals surface area contributed by atoms with Gasteiger partial charge in [-0.3, -0.25) is 9.59 Å². The average molecular weight is 418 g/mol. The maximum absolute atomic E-state index is 13.2. The van der Waals surface area contributed by atoms with Gasteiger partial charge in [0.15, 0.2) is 11.9 Å². The molecule has 0 aromatic heterocycles. The van der Waals surface area contributed by atoms with Gasteiger partial charge in [0.1, 0.15) is 0 Å². The van der Waals surface area contributed by atoms with Crippen molar-refractivity contribution in [3.8, 4) is 11.1 Å². The van der Waals surface area contributed by atoms with Crippen molar-refractivity contribution < 1.29 is 19.1 Å². The van der Waals surface area contributed by atoms with Gasteiger partial charge in [0.2, 0.25) is 5.78 Å². The highest BCUT2D eigenvalue weighted by Gasteiger charge is 2.30. The SMILES string of the molecule is O=C(O[C@@H](C(=O)c1ccccc1)c1ccccc1)c1ccc2c(c1)-c1ccccc1C2=O. The van der Waals surface area contributed by atoms with Gasteiger partial charge in [-0.25, -0.2) is 4.79 Å². The fourth-order valence-corrected chi connectivity index (χ4v) is 3.98. The summed E-state index contributed by atoms with van der Waals surface area (Å²) in [6.45, 7) is 0. The molecule has 0 saturated heterocycles. The molecule has 0 aliphatic heterocycles. The molecular weight excluding hydrogens is 400 g/mol. The van der Waals surface area contributed by atoms with Gasteiger partial charge in [-0.15, -0.1) is 0 Å². The second kappa shape index (κ2) is 8.08. The van der Waals surface area contributed by atoms with Crippen LogP contribution in [-0.4, -0.2) is 17.5 Å². The van der Waals surface area contributed by atoms with E-state index < -0.39 is 12.1 Å². The Morgan fingerprint density at radius 2 is 1.19 bits per heavy atom. The summed E-state index contributed by atoms with van der Waals surface area (Å²) in [5, 5.41) is 0. The van der Waals surface area contributed by atoms with Gasteiger partial charge in [0.05, 0.1) is 5.56 Å². The van der Waals surface area contributed by atoms with Crippen LogP contribution in [0, 0.1) is 0 Å². The van der Waals surface area contributed by atoms with E-state index in [4.69, 9.17) is 4.74 Å². The summed E-state index contributed by atoms with van der Waals surface area (Å²) in [7, 11) is 0. The summed E-state index contributed by atoms with van der Waals surface area (Å²) in [6, 6.07) is 29.9. The number of ether oxygens (including phenoxy) is 1. The van der Waals surface area contributed by atoms with Crippen molar-refractivity contribution in [3.05, 3.63) is 131 Å². The molecule has 0 saturated carbocycles.